The van der Waals surface area contributed by atoms with Crippen molar-refractivity contribution in [1.82, 2.24) is 4.90 Å². The molecule has 2 aromatic carbocycles. The highest BCUT2D eigenvalue weighted by Gasteiger charge is 2.21. The molecular weight excluding hydrogens is 394 g/mol. The van der Waals surface area contributed by atoms with Gasteiger partial charge in [-0.25, -0.2) is 4.79 Å². The average Bonchev–Trinajstić information content (AvgIpc) is 2.79. The number of para-hydroxylation sites is 2. The van der Waals surface area contributed by atoms with Gasteiger partial charge in [0.1, 0.15) is 5.75 Å². The van der Waals surface area contributed by atoms with Crippen molar-refractivity contribution >= 4 is 23.3 Å². The highest BCUT2D eigenvalue weighted by Crippen LogP contribution is 2.28. The summed E-state index contributed by atoms with van der Waals surface area (Å²) in [6, 6.07) is 14.9. The van der Waals surface area contributed by atoms with E-state index in [2.05, 4.69) is 21.2 Å². The lowest BCUT2D eigenvalue weighted by atomic mass is 10.2. The average molecular weight is 426 g/mol. The smallest absolute Gasteiger partial charge is 0.338 e. The Morgan fingerprint density at radius 3 is 2.35 bits per heavy atom. The molecule has 3 rings (SSSR count). The van der Waals surface area contributed by atoms with Crippen molar-refractivity contribution < 1.29 is 19.1 Å². The zero-order valence-electron chi connectivity index (χ0n) is 18.3. The molecule has 0 saturated carbocycles. The van der Waals surface area contributed by atoms with Crippen LogP contribution in [0.2, 0.25) is 0 Å². The summed E-state index contributed by atoms with van der Waals surface area (Å²) in [7, 11) is 0. The van der Waals surface area contributed by atoms with Crippen LogP contribution >= 0.6 is 0 Å². The maximum Gasteiger partial charge on any atom is 0.338 e. The zero-order valence-corrected chi connectivity index (χ0v) is 18.3. The van der Waals surface area contributed by atoms with Gasteiger partial charge in [0.05, 0.1) is 31.0 Å². The molecule has 166 valence electrons. The van der Waals surface area contributed by atoms with Gasteiger partial charge in [0.25, 0.3) is 0 Å². The van der Waals surface area contributed by atoms with Gasteiger partial charge in [-0.05, 0) is 49.7 Å². The molecule has 0 aliphatic carbocycles. The van der Waals surface area contributed by atoms with Crippen LogP contribution in [0, 0.1) is 0 Å². The van der Waals surface area contributed by atoms with Crippen LogP contribution in [0.25, 0.3) is 0 Å². The van der Waals surface area contributed by atoms with Gasteiger partial charge in [-0.15, -0.1) is 0 Å². The van der Waals surface area contributed by atoms with Gasteiger partial charge < -0.3 is 19.7 Å². The molecule has 31 heavy (non-hydrogen) atoms. The third-order valence-electron chi connectivity index (χ3n) is 5.09. The van der Waals surface area contributed by atoms with Gasteiger partial charge >= 0.3 is 5.97 Å². The number of nitrogens with zero attached hydrogens (tertiary/aromatic N) is 2. The number of carbonyl (C=O) groups is 2. The predicted molar refractivity (Wildman–Crippen MR) is 122 cm³/mol. The number of carbonyl (C=O) groups excluding carboxylic acids is 2. The first-order chi connectivity index (χ1) is 15.1. The molecule has 7 nitrogen and oxygen atoms in total. The van der Waals surface area contributed by atoms with Crippen LogP contribution < -0.4 is 15.0 Å². The number of rotatable bonds is 9. The minimum atomic E-state index is -0.344. The van der Waals surface area contributed by atoms with Crippen LogP contribution in [-0.2, 0) is 9.53 Å². The van der Waals surface area contributed by atoms with Crippen molar-refractivity contribution in [3.05, 3.63) is 54.1 Å². The maximum atomic E-state index is 12.5. The summed E-state index contributed by atoms with van der Waals surface area (Å²) in [6.45, 7) is 8.59. The van der Waals surface area contributed by atoms with Gasteiger partial charge in [-0.3, -0.25) is 9.69 Å². The summed E-state index contributed by atoms with van der Waals surface area (Å²) in [5, 5.41) is 2.90. The molecule has 1 N–H and O–H groups in total. The van der Waals surface area contributed by atoms with Crippen LogP contribution in [0.3, 0.4) is 0 Å². The van der Waals surface area contributed by atoms with E-state index in [0.29, 0.717) is 31.0 Å². The van der Waals surface area contributed by atoms with Crippen molar-refractivity contribution in [2.45, 2.75) is 20.3 Å². The standard InChI is InChI=1S/C24H31N3O4/c1-3-17-31-24(29)19-9-11-20(12-10-19)25-23(28)18-26-13-15-27(16-14-26)21-7-5-6-8-22(21)30-4-2/h5-12H,3-4,13-18H2,1-2H3,(H,25,28). The second-order valence-electron chi connectivity index (χ2n) is 7.43. The van der Waals surface area contributed by atoms with E-state index in [1.807, 2.05) is 32.0 Å². The summed E-state index contributed by atoms with van der Waals surface area (Å²) in [6.07, 6.45) is 0.785. The van der Waals surface area contributed by atoms with Gasteiger partial charge in [-0.2, -0.15) is 0 Å². The van der Waals surface area contributed by atoms with E-state index in [9.17, 15) is 9.59 Å². The molecule has 0 bridgehead atoms. The molecule has 0 atom stereocenters. The van der Waals surface area contributed by atoms with Crippen LogP contribution in [0.15, 0.2) is 48.5 Å². The predicted octanol–water partition coefficient (Wildman–Crippen LogP) is 3.41. The molecule has 1 amide bonds. The summed E-state index contributed by atoms with van der Waals surface area (Å²) in [5.74, 6) is 0.492. The molecule has 1 saturated heterocycles. The second-order valence-corrected chi connectivity index (χ2v) is 7.43. The number of hydrogen-bond acceptors (Lipinski definition) is 6. The highest BCUT2D eigenvalue weighted by atomic mass is 16.5. The van der Waals surface area contributed by atoms with E-state index in [0.717, 1.165) is 44.0 Å². The summed E-state index contributed by atoms with van der Waals surface area (Å²) < 4.78 is 10.9. The minimum absolute atomic E-state index is 0.0653. The van der Waals surface area contributed by atoms with Crippen molar-refractivity contribution in [2.75, 3.05) is 56.2 Å². The van der Waals surface area contributed by atoms with Gasteiger partial charge in [0.15, 0.2) is 0 Å². The fraction of sp³-hybridized carbons (Fsp3) is 0.417. The Bertz CT molecular complexity index is 861. The van der Waals surface area contributed by atoms with E-state index in [1.54, 1.807) is 24.3 Å². The molecule has 1 aliphatic rings. The number of anilines is 2. The van der Waals surface area contributed by atoms with Gasteiger partial charge in [0.2, 0.25) is 5.91 Å². The zero-order chi connectivity index (χ0) is 22.1. The third kappa shape index (κ3) is 6.46. The lowest BCUT2D eigenvalue weighted by Crippen LogP contribution is -2.48. The van der Waals surface area contributed by atoms with Crippen LogP contribution in [0.4, 0.5) is 11.4 Å². The molecule has 0 unspecified atom stereocenters. The van der Waals surface area contributed by atoms with Crippen LogP contribution in [0.1, 0.15) is 30.6 Å². The Hall–Kier alpha value is -3.06. The Balaban J connectivity index is 1.46. The van der Waals surface area contributed by atoms with Crippen LogP contribution in [-0.4, -0.2) is 62.7 Å². The quantitative estimate of drug-likeness (QED) is 0.621. The van der Waals surface area contributed by atoms with E-state index in [-0.39, 0.29) is 11.9 Å². The lowest BCUT2D eigenvalue weighted by molar-refractivity contribution is -0.117. The molecule has 0 spiro atoms. The van der Waals surface area contributed by atoms with Crippen LogP contribution in [0.5, 0.6) is 5.75 Å². The molecule has 7 heteroatoms. The first-order valence-corrected chi connectivity index (χ1v) is 10.9. The number of ether oxygens (including phenoxy) is 2. The summed E-state index contributed by atoms with van der Waals surface area (Å²) in [5.41, 5.74) is 2.25. The highest BCUT2D eigenvalue weighted by molar-refractivity contribution is 5.94. The number of amides is 1. The third-order valence-corrected chi connectivity index (χ3v) is 5.09. The molecule has 1 aliphatic heterocycles. The molecule has 0 aromatic heterocycles. The van der Waals surface area contributed by atoms with Crippen molar-refractivity contribution in [3.8, 4) is 5.75 Å². The number of nitrogens with one attached hydrogen (secondary N) is 1. The first-order valence-electron chi connectivity index (χ1n) is 10.9. The first kappa shape index (κ1) is 22.6. The van der Waals surface area contributed by atoms with E-state index in [4.69, 9.17) is 9.47 Å². The van der Waals surface area contributed by atoms with Crippen molar-refractivity contribution in [3.63, 3.8) is 0 Å². The minimum Gasteiger partial charge on any atom is -0.492 e. The number of esters is 1. The lowest BCUT2D eigenvalue weighted by Gasteiger charge is -2.36. The largest absolute Gasteiger partial charge is 0.492 e. The van der Waals surface area contributed by atoms with E-state index >= 15 is 0 Å². The van der Waals surface area contributed by atoms with Crippen molar-refractivity contribution in [1.29, 1.82) is 0 Å². The SMILES string of the molecule is CCCOC(=O)c1ccc(NC(=O)CN2CCN(c3ccccc3OCC)CC2)cc1. The maximum absolute atomic E-state index is 12.5. The number of benzene rings is 2. The fourth-order valence-electron chi connectivity index (χ4n) is 3.51. The monoisotopic (exact) mass is 425 g/mol. The molecule has 1 fully saturated rings. The van der Waals surface area contributed by atoms with E-state index in [1.165, 1.54) is 0 Å². The molecule has 2 aromatic rings. The normalized spacial score (nSPS) is 14.2. The Morgan fingerprint density at radius 1 is 0.968 bits per heavy atom. The van der Waals surface area contributed by atoms with Crippen molar-refractivity contribution in [2.24, 2.45) is 0 Å². The topological polar surface area (TPSA) is 71.1 Å². The number of piperazine rings is 1. The summed E-state index contributed by atoms with van der Waals surface area (Å²) >= 11 is 0. The Kier molecular flexibility index (Phi) is 8.29. The molecular formula is C24H31N3O4. The molecule has 0 radical (unpaired) electrons. The molecule has 1 heterocycles. The van der Waals surface area contributed by atoms with E-state index < -0.39 is 0 Å². The Morgan fingerprint density at radius 2 is 1.68 bits per heavy atom. The van der Waals surface area contributed by atoms with Gasteiger partial charge in [-0.1, -0.05) is 19.1 Å². The second kappa shape index (κ2) is 11.4. The van der Waals surface area contributed by atoms with Gasteiger partial charge in [0, 0.05) is 31.9 Å². The fourth-order valence-corrected chi connectivity index (χ4v) is 3.51. The Labute approximate surface area is 183 Å². The number of hydrogen-bond donors (Lipinski definition) is 1. The summed E-state index contributed by atoms with van der Waals surface area (Å²) in [4.78, 5) is 28.8.